The van der Waals surface area contributed by atoms with Crippen molar-refractivity contribution in [3.8, 4) is 11.9 Å². The fourth-order valence-electron chi connectivity index (χ4n) is 3.27. The summed E-state index contributed by atoms with van der Waals surface area (Å²) in [5.74, 6) is -0.0878. The van der Waals surface area contributed by atoms with E-state index in [9.17, 15) is 14.4 Å². The lowest BCUT2D eigenvalue weighted by Crippen LogP contribution is -2.15. The minimum absolute atomic E-state index is 0.00912. The van der Waals surface area contributed by atoms with Crippen LogP contribution in [0.2, 0.25) is 0 Å². The first kappa shape index (κ1) is 17.5. The predicted molar refractivity (Wildman–Crippen MR) is 109 cm³/mol. The van der Waals surface area contributed by atoms with Crippen molar-refractivity contribution in [1.29, 1.82) is 0 Å². The highest BCUT2D eigenvalue weighted by molar-refractivity contribution is 5.76. The Labute approximate surface area is 172 Å². The Kier molecular flexibility index (Phi) is 3.20. The molecular weight excluding hydrogens is 424 g/mol. The van der Waals surface area contributed by atoms with Gasteiger partial charge in [0, 0.05) is 0 Å². The molecule has 0 aromatic carbocycles. The number of hydrogen-bond acceptors (Lipinski definition) is 11. The lowest BCUT2D eigenvalue weighted by atomic mass is 10.5. The average Bonchev–Trinajstić information content (AvgIpc) is 3.43. The van der Waals surface area contributed by atoms with Crippen LogP contribution in [-0.4, -0.2) is 59.0 Å². The van der Waals surface area contributed by atoms with Crippen molar-refractivity contribution in [3.63, 3.8) is 0 Å². The Hall–Kier alpha value is -5.35. The number of H-pyrrole nitrogens is 4. The van der Waals surface area contributed by atoms with E-state index in [4.69, 9.17) is 11.5 Å². The second kappa shape index (κ2) is 5.84. The third-order valence-electron chi connectivity index (χ3n) is 4.64. The van der Waals surface area contributed by atoms with Gasteiger partial charge in [-0.2, -0.15) is 19.9 Å². The van der Waals surface area contributed by atoms with E-state index < -0.39 is 16.7 Å². The molecule has 6 rings (SSSR count). The van der Waals surface area contributed by atoms with Crippen molar-refractivity contribution in [2.75, 3.05) is 11.5 Å². The van der Waals surface area contributed by atoms with Crippen LogP contribution in [0, 0.1) is 0 Å². The first-order chi connectivity index (χ1) is 15.4. The number of nitrogen functional groups attached to an aromatic ring is 2. The van der Waals surface area contributed by atoms with Gasteiger partial charge < -0.3 is 16.5 Å². The highest BCUT2D eigenvalue weighted by atomic mass is 16.1. The number of aromatic amines is 4. The second-order valence-corrected chi connectivity index (χ2v) is 6.62. The van der Waals surface area contributed by atoms with Gasteiger partial charge in [-0.3, -0.25) is 38.5 Å². The summed E-state index contributed by atoms with van der Waals surface area (Å²) in [6.07, 6.45) is 2.58. The molecule has 0 aliphatic rings. The van der Waals surface area contributed by atoms with Crippen LogP contribution in [0.3, 0.4) is 0 Å². The standard InChI is InChI=1S/C15H10N14O3/c16-12-23-7-4(10(31)25-12)18-1-28(7)14-20-3-6(21-14)22-15(27-9(3)30)29-2-19-5-8(29)24-13(17)26-11(5)32/h1-2H,(H3,16,23,25,31)(H3,17,24,26,32)(H2,20,21,22,27,30). The van der Waals surface area contributed by atoms with Crippen LogP contribution in [0.1, 0.15) is 0 Å². The van der Waals surface area contributed by atoms with Gasteiger partial charge in [0.1, 0.15) is 12.7 Å². The molecule has 0 atom stereocenters. The smallest absolute Gasteiger partial charge is 0.280 e. The minimum atomic E-state index is -0.557. The molecule has 17 nitrogen and oxygen atoms in total. The van der Waals surface area contributed by atoms with Gasteiger partial charge >= 0.3 is 0 Å². The molecule has 0 bridgehead atoms. The topological polar surface area (TPSA) is 254 Å². The van der Waals surface area contributed by atoms with E-state index in [-0.39, 0.29) is 57.3 Å². The fourth-order valence-corrected chi connectivity index (χ4v) is 3.27. The highest BCUT2D eigenvalue weighted by Gasteiger charge is 2.18. The molecule has 0 saturated carbocycles. The monoisotopic (exact) mass is 434 g/mol. The summed E-state index contributed by atoms with van der Waals surface area (Å²) in [7, 11) is 0. The molecule has 0 fully saturated rings. The van der Waals surface area contributed by atoms with E-state index >= 15 is 0 Å². The van der Waals surface area contributed by atoms with Crippen LogP contribution in [-0.2, 0) is 0 Å². The number of rotatable bonds is 2. The van der Waals surface area contributed by atoms with E-state index in [1.54, 1.807) is 0 Å². The Bertz CT molecular complexity index is 1880. The molecule has 158 valence electrons. The molecule has 6 heterocycles. The zero-order valence-electron chi connectivity index (χ0n) is 15.6. The van der Waals surface area contributed by atoms with Crippen LogP contribution < -0.4 is 28.1 Å². The molecule has 0 saturated heterocycles. The molecule has 0 radical (unpaired) electrons. The Morgan fingerprint density at radius 1 is 0.656 bits per heavy atom. The van der Waals surface area contributed by atoms with Crippen LogP contribution >= 0.6 is 0 Å². The molecule has 32 heavy (non-hydrogen) atoms. The fraction of sp³-hybridized carbons (Fsp3) is 0. The van der Waals surface area contributed by atoms with Gasteiger partial charge in [-0.25, -0.2) is 9.97 Å². The zero-order chi connectivity index (χ0) is 22.1. The van der Waals surface area contributed by atoms with Crippen molar-refractivity contribution < 1.29 is 0 Å². The lowest BCUT2D eigenvalue weighted by Gasteiger charge is -2.02. The summed E-state index contributed by atoms with van der Waals surface area (Å²) in [5, 5.41) is 0. The van der Waals surface area contributed by atoms with Crippen molar-refractivity contribution in [2.45, 2.75) is 0 Å². The molecule has 0 spiro atoms. The van der Waals surface area contributed by atoms with Gasteiger partial charge in [-0.05, 0) is 0 Å². The van der Waals surface area contributed by atoms with Crippen LogP contribution in [0.15, 0.2) is 27.0 Å². The Balaban J connectivity index is 1.57. The maximum Gasteiger partial charge on any atom is 0.280 e. The minimum Gasteiger partial charge on any atom is -0.369 e. The van der Waals surface area contributed by atoms with Gasteiger partial charge in [0.25, 0.3) is 16.7 Å². The van der Waals surface area contributed by atoms with Crippen LogP contribution in [0.5, 0.6) is 0 Å². The van der Waals surface area contributed by atoms with Gasteiger partial charge in [0.15, 0.2) is 33.5 Å². The van der Waals surface area contributed by atoms with Gasteiger partial charge in [-0.1, -0.05) is 0 Å². The lowest BCUT2D eigenvalue weighted by molar-refractivity contribution is 0.935. The van der Waals surface area contributed by atoms with E-state index in [1.165, 1.54) is 21.8 Å². The molecule has 17 heteroatoms. The van der Waals surface area contributed by atoms with E-state index in [0.717, 1.165) is 0 Å². The number of nitrogens with two attached hydrogens (primary N) is 2. The summed E-state index contributed by atoms with van der Waals surface area (Å²) in [6.45, 7) is 0. The van der Waals surface area contributed by atoms with E-state index in [1.807, 2.05) is 0 Å². The molecule has 6 aromatic rings. The summed E-state index contributed by atoms with van der Waals surface area (Å²) in [4.78, 5) is 71.5. The molecule has 8 N–H and O–H groups in total. The second-order valence-electron chi connectivity index (χ2n) is 6.62. The number of nitrogens with zero attached hydrogens (tertiary/aromatic N) is 8. The molecule has 0 unspecified atom stereocenters. The number of imidazole rings is 3. The van der Waals surface area contributed by atoms with E-state index in [0.29, 0.717) is 0 Å². The van der Waals surface area contributed by atoms with Crippen molar-refractivity contribution in [3.05, 3.63) is 43.7 Å². The molecular formula is C15H10N14O3. The van der Waals surface area contributed by atoms with Gasteiger partial charge in [0.05, 0.1) is 0 Å². The summed E-state index contributed by atoms with van der Waals surface area (Å²) in [5.41, 5.74) is 10.0. The first-order valence-electron chi connectivity index (χ1n) is 8.85. The van der Waals surface area contributed by atoms with Gasteiger partial charge in [-0.15, -0.1) is 0 Å². The maximum atomic E-state index is 12.7. The summed E-state index contributed by atoms with van der Waals surface area (Å²) < 4.78 is 2.65. The quantitative estimate of drug-likeness (QED) is 0.168. The summed E-state index contributed by atoms with van der Waals surface area (Å²) >= 11 is 0. The number of aromatic nitrogens is 12. The number of fused-ring (bicyclic) bond motifs is 3. The Morgan fingerprint density at radius 3 is 1.69 bits per heavy atom. The zero-order valence-corrected chi connectivity index (χ0v) is 15.6. The molecule has 0 aliphatic carbocycles. The highest BCUT2D eigenvalue weighted by Crippen LogP contribution is 2.16. The molecule has 0 aliphatic heterocycles. The van der Waals surface area contributed by atoms with Gasteiger partial charge in [0.2, 0.25) is 23.8 Å². The third kappa shape index (κ3) is 2.35. The molecule has 6 aromatic heterocycles. The van der Waals surface area contributed by atoms with Crippen LogP contribution in [0.4, 0.5) is 11.9 Å². The SMILES string of the molecule is Nc1nc2c(ncn2-c2nc3nc(-n4cnc5c(=O)[nH]c(N)nc54)[nH]c3c(=O)[nH]2)c(=O)[nH]1. The number of hydrogen-bond donors (Lipinski definition) is 6. The number of anilines is 2. The van der Waals surface area contributed by atoms with Crippen molar-refractivity contribution in [2.24, 2.45) is 0 Å². The average molecular weight is 434 g/mol. The predicted octanol–water partition coefficient (Wildman–Crippen LogP) is -2.34. The van der Waals surface area contributed by atoms with Crippen LogP contribution in [0.25, 0.3) is 45.4 Å². The largest absolute Gasteiger partial charge is 0.369 e. The van der Waals surface area contributed by atoms with E-state index in [2.05, 4.69) is 49.8 Å². The summed E-state index contributed by atoms with van der Waals surface area (Å²) in [6, 6.07) is 0. The molecule has 0 amide bonds. The number of nitrogens with one attached hydrogen (secondary N) is 4. The first-order valence-corrected chi connectivity index (χ1v) is 8.85. The maximum absolute atomic E-state index is 12.7. The normalized spacial score (nSPS) is 11.8. The van der Waals surface area contributed by atoms with Crippen molar-refractivity contribution >= 4 is 45.4 Å². The van der Waals surface area contributed by atoms with Crippen molar-refractivity contribution in [1.82, 2.24) is 59.0 Å². The third-order valence-corrected chi connectivity index (χ3v) is 4.64. The Morgan fingerprint density at radius 2 is 1.16 bits per heavy atom.